The van der Waals surface area contributed by atoms with Gasteiger partial charge in [0.25, 0.3) is 0 Å². The molecule has 0 radical (unpaired) electrons. The van der Waals surface area contributed by atoms with E-state index in [2.05, 4.69) is 9.97 Å². The standard InChI is InChI=1S/C9H8N2O/c1-12-9-7-4-2-3-5-8(7)10-6-11-9/h2-6H,1H3. The maximum atomic E-state index is 5.08. The molecule has 2 rings (SSSR count). The lowest BCUT2D eigenvalue weighted by Crippen LogP contribution is -1.89. The van der Waals surface area contributed by atoms with Crippen LogP contribution in [0.25, 0.3) is 10.9 Å². The van der Waals surface area contributed by atoms with Crippen LogP contribution in [0.1, 0.15) is 0 Å². The Morgan fingerprint density at radius 2 is 2.00 bits per heavy atom. The molecule has 1 aromatic carbocycles. The molecule has 0 bridgehead atoms. The number of rotatable bonds is 1. The first-order valence-corrected chi connectivity index (χ1v) is 3.65. The van der Waals surface area contributed by atoms with Crippen LogP contribution >= 0.6 is 0 Å². The molecule has 3 nitrogen and oxygen atoms in total. The number of hydrogen-bond acceptors (Lipinski definition) is 3. The van der Waals surface area contributed by atoms with Gasteiger partial charge < -0.3 is 4.74 Å². The van der Waals surface area contributed by atoms with Crippen molar-refractivity contribution < 1.29 is 4.74 Å². The lowest BCUT2D eigenvalue weighted by atomic mass is 10.2. The Balaban J connectivity index is 2.79. The zero-order valence-corrected chi connectivity index (χ0v) is 6.69. The fourth-order valence-corrected chi connectivity index (χ4v) is 1.14. The van der Waals surface area contributed by atoms with Crippen molar-refractivity contribution in [1.29, 1.82) is 0 Å². The average Bonchev–Trinajstić information content (AvgIpc) is 2.17. The van der Waals surface area contributed by atoms with Gasteiger partial charge in [0.1, 0.15) is 6.33 Å². The van der Waals surface area contributed by atoms with Crippen molar-refractivity contribution in [3.8, 4) is 5.88 Å². The minimum Gasteiger partial charge on any atom is -0.480 e. The van der Waals surface area contributed by atoms with E-state index in [1.54, 1.807) is 7.11 Å². The molecule has 0 fully saturated rings. The summed E-state index contributed by atoms with van der Waals surface area (Å²) in [6, 6.07) is 7.75. The summed E-state index contributed by atoms with van der Waals surface area (Å²) in [6.45, 7) is 0. The Morgan fingerprint density at radius 3 is 2.83 bits per heavy atom. The SMILES string of the molecule is COc1ncnc2ccccc12. The molecule has 0 saturated heterocycles. The van der Waals surface area contributed by atoms with E-state index >= 15 is 0 Å². The molecule has 0 amide bonds. The van der Waals surface area contributed by atoms with Gasteiger partial charge in [0, 0.05) is 0 Å². The van der Waals surface area contributed by atoms with Gasteiger partial charge in [-0.25, -0.2) is 9.97 Å². The minimum absolute atomic E-state index is 0.626. The zero-order valence-electron chi connectivity index (χ0n) is 6.69. The van der Waals surface area contributed by atoms with E-state index in [4.69, 9.17) is 4.74 Å². The van der Waals surface area contributed by atoms with E-state index in [0.29, 0.717) is 5.88 Å². The number of benzene rings is 1. The number of methoxy groups -OCH3 is 1. The zero-order chi connectivity index (χ0) is 8.39. The number of hydrogen-bond donors (Lipinski definition) is 0. The van der Waals surface area contributed by atoms with Crippen molar-refractivity contribution in [1.82, 2.24) is 9.97 Å². The van der Waals surface area contributed by atoms with Gasteiger partial charge in [-0.2, -0.15) is 0 Å². The first-order chi connectivity index (χ1) is 5.92. The third kappa shape index (κ3) is 0.993. The third-order valence-electron chi connectivity index (χ3n) is 1.70. The lowest BCUT2D eigenvalue weighted by molar-refractivity contribution is 0.402. The molecule has 0 saturated carbocycles. The predicted molar refractivity (Wildman–Crippen MR) is 46.1 cm³/mol. The van der Waals surface area contributed by atoms with E-state index in [0.717, 1.165) is 10.9 Å². The highest BCUT2D eigenvalue weighted by atomic mass is 16.5. The molecule has 0 N–H and O–H groups in total. The first kappa shape index (κ1) is 7.03. The first-order valence-electron chi connectivity index (χ1n) is 3.65. The van der Waals surface area contributed by atoms with Crippen molar-refractivity contribution in [3.63, 3.8) is 0 Å². The number of ether oxygens (including phenoxy) is 1. The normalized spacial score (nSPS) is 10.1. The number of para-hydroxylation sites is 1. The minimum atomic E-state index is 0.626. The van der Waals surface area contributed by atoms with Crippen molar-refractivity contribution in [2.75, 3.05) is 7.11 Å². The van der Waals surface area contributed by atoms with Gasteiger partial charge in [0.15, 0.2) is 0 Å². The van der Waals surface area contributed by atoms with Gasteiger partial charge in [-0.05, 0) is 12.1 Å². The molecule has 0 aliphatic heterocycles. The maximum Gasteiger partial charge on any atom is 0.224 e. The van der Waals surface area contributed by atoms with Gasteiger partial charge in [-0.3, -0.25) is 0 Å². The van der Waals surface area contributed by atoms with Crippen LogP contribution in [-0.4, -0.2) is 17.1 Å². The van der Waals surface area contributed by atoms with Crippen LogP contribution in [0.3, 0.4) is 0 Å². The average molecular weight is 160 g/mol. The summed E-state index contributed by atoms with van der Waals surface area (Å²) >= 11 is 0. The highest BCUT2D eigenvalue weighted by Crippen LogP contribution is 2.19. The Morgan fingerprint density at radius 1 is 1.17 bits per heavy atom. The smallest absolute Gasteiger partial charge is 0.224 e. The molecule has 12 heavy (non-hydrogen) atoms. The van der Waals surface area contributed by atoms with E-state index < -0.39 is 0 Å². The second-order valence-corrected chi connectivity index (χ2v) is 2.40. The van der Waals surface area contributed by atoms with Crippen LogP contribution in [0.4, 0.5) is 0 Å². The Bertz CT molecular complexity index is 395. The maximum absolute atomic E-state index is 5.08. The van der Waals surface area contributed by atoms with Crippen LogP contribution in [0.15, 0.2) is 30.6 Å². The largest absolute Gasteiger partial charge is 0.480 e. The molecule has 0 atom stereocenters. The highest BCUT2D eigenvalue weighted by molar-refractivity contribution is 5.82. The van der Waals surface area contributed by atoms with Crippen molar-refractivity contribution >= 4 is 10.9 Å². The lowest BCUT2D eigenvalue weighted by Gasteiger charge is -2.01. The molecule has 1 heterocycles. The highest BCUT2D eigenvalue weighted by Gasteiger charge is 2.00. The van der Waals surface area contributed by atoms with Crippen molar-refractivity contribution in [2.45, 2.75) is 0 Å². The quantitative estimate of drug-likeness (QED) is 0.636. The molecule has 1 aromatic heterocycles. The van der Waals surface area contributed by atoms with Crippen LogP contribution in [0.5, 0.6) is 5.88 Å². The molecule has 2 aromatic rings. The summed E-state index contributed by atoms with van der Waals surface area (Å²) in [5.41, 5.74) is 0.907. The van der Waals surface area contributed by atoms with Gasteiger partial charge >= 0.3 is 0 Å². The van der Waals surface area contributed by atoms with Crippen LogP contribution < -0.4 is 4.74 Å². The van der Waals surface area contributed by atoms with Gasteiger partial charge in [0.2, 0.25) is 5.88 Å². The fraction of sp³-hybridized carbons (Fsp3) is 0.111. The molecule has 0 aliphatic carbocycles. The van der Waals surface area contributed by atoms with E-state index in [1.807, 2.05) is 24.3 Å². The van der Waals surface area contributed by atoms with E-state index in [1.165, 1.54) is 6.33 Å². The molecular weight excluding hydrogens is 152 g/mol. The summed E-state index contributed by atoms with van der Waals surface area (Å²) in [4.78, 5) is 8.09. The summed E-state index contributed by atoms with van der Waals surface area (Å²) < 4.78 is 5.08. The van der Waals surface area contributed by atoms with Crippen LogP contribution in [0.2, 0.25) is 0 Å². The van der Waals surface area contributed by atoms with E-state index in [-0.39, 0.29) is 0 Å². The monoisotopic (exact) mass is 160 g/mol. The summed E-state index contributed by atoms with van der Waals surface area (Å²) in [7, 11) is 1.61. The number of aromatic nitrogens is 2. The second-order valence-electron chi connectivity index (χ2n) is 2.40. The molecule has 0 spiro atoms. The molecule has 60 valence electrons. The van der Waals surface area contributed by atoms with E-state index in [9.17, 15) is 0 Å². The fourth-order valence-electron chi connectivity index (χ4n) is 1.14. The van der Waals surface area contributed by atoms with Crippen LogP contribution in [-0.2, 0) is 0 Å². The molecule has 3 heteroatoms. The van der Waals surface area contributed by atoms with Gasteiger partial charge in [-0.1, -0.05) is 12.1 Å². The Hall–Kier alpha value is -1.64. The second kappa shape index (κ2) is 2.77. The van der Waals surface area contributed by atoms with Crippen molar-refractivity contribution in [2.24, 2.45) is 0 Å². The molecule has 0 aliphatic rings. The third-order valence-corrected chi connectivity index (χ3v) is 1.70. The van der Waals surface area contributed by atoms with Crippen molar-refractivity contribution in [3.05, 3.63) is 30.6 Å². The van der Waals surface area contributed by atoms with Gasteiger partial charge in [-0.15, -0.1) is 0 Å². The predicted octanol–water partition coefficient (Wildman–Crippen LogP) is 1.64. The molecule has 0 unspecified atom stereocenters. The molecular formula is C9H8N2O. The number of nitrogens with zero attached hydrogens (tertiary/aromatic N) is 2. The Kier molecular flexibility index (Phi) is 1.63. The van der Waals surface area contributed by atoms with Crippen LogP contribution in [0, 0.1) is 0 Å². The Labute approximate surface area is 70.0 Å². The van der Waals surface area contributed by atoms with Gasteiger partial charge in [0.05, 0.1) is 18.0 Å². The number of fused-ring (bicyclic) bond motifs is 1. The summed E-state index contributed by atoms with van der Waals surface area (Å²) in [5.74, 6) is 0.626. The topological polar surface area (TPSA) is 35.0 Å². The summed E-state index contributed by atoms with van der Waals surface area (Å²) in [5, 5.41) is 0.947. The summed E-state index contributed by atoms with van der Waals surface area (Å²) in [6.07, 6.45) is 1.50.